The number of nitrogens with zero attached hydrogens (tertiary/aromatic N) is 1. The molecule has 2 nitrogen and oxygen atoms in total. The standard InChI is InChI=1S/C11H19BrN2S/c1-9(7-13)8-14(2)6-5-10-3-4-11(12)15-10/h3-4,9H,5-8,13H2,1-2H3. The number of hydrogen-bond donors (Lipinski definition) is 1. The van der Waals surface area contributed by atoms with Crippen LogP contribution in [-0.2, 0) is 6.42 Å². The summed E-state index contributed by atoms with van der Waals surface area (Å²) in [6.45, 7) is 5.16. The summed E-state index contributed by atoms with van der Waals surface area (Å²) in [5, 5.41) is 0. The number of rotatable bonds is 6. The molecule has 4 heteroatoms. The Morgan fingerprint density at radius 2 is 2.27 bits per heavy atom. The van der Waals surface area contributed by atoms with Gasteiger partial charge >= 0.3 is 0 Å². The van der Waals surface area contributed by atoms with Gasteiger partial charge in [0.15, 0.2) is 0 Å². The smallest absolute Gasteiger partial charge is 0.0701 e. The van der Waals surface area contributed by atoms with E-state index >= 15 is 0 Å². The number of nitrogens with two attached hydrogens (primary N) is 1. The lowest BCUT2D eigenvalue weighted by atomic mass is 10.2. The van der Waals surface area contributed by atoms with E-state index in [0.717, 1.165) is 26.1 Å². The van der Waals surface area contributed by atoms with Crippen molar-refractivity contribution in [1.29, 1.82) is 0 Å². The van der Waals surface area contributed by atoms with Crippen molar-refractivity contribution >= 4 is 27.3 Å². The molecule has 0 aliphatic rings. The second-order valence-electron chi connectivity index (χ2n) is 4.06. The van der Waals surface area contributed by atoms with E-state index in [9.17, 15) is 0 Å². The first-order valence-corrected chi connectivity index (χ1v) is 6.85. The zero-order valence-corrected chi connectivity index (χ0v) is 11.8. The molecule has 0 amide bonds. The average molecular weight is 291 g/mol. The molecule has 1 heterocycles. The second-order valence-corrected chi connectivity index (χ2v) is 6.61. The molecule has 0 aliphatic carbocycles. The first-order chi connectivity index (χ1) is 7.11. The molecule has 1 atom stereocenters. The zero-order chi connectivity index (χ0) is 11.3. The molecular weight excluding hydrogens is 272 g/mol. The monoisotopic (exact) mass is 290 g/mol. The molecule has 0 saturated carbocycles. The fourth-order valence-corrected chi connectivity index (χ4v) is 2.96. The molecule has 15 heavy (non-hydrogen) atoms. The van der Waals surface area contributed by atoms with Gasteiger partial charge in [-0.25, -0.2) is 0 Å². The van der Waals surface area contributed by atoms with E-state index in [-0.39, 0.29) is 0 Å². The molecule has 2 N–H and O–H groups in total. The summed E-state index contributed by atoms with van der Waals surface area (Å²) in [5.74, 6) is 0.588. The van der Waals surface area contributed by atoms with Gasteiger partial charge in [0.2, 0.25) is 0 Å². The van der Waals surface area contributed by atoms with E-state index in [2.05, 4.69) is 46.9 Å². The first kappa shape index (κ1) is 13.2. The lowest BCUT2D eigenvalue weighted by Crippen LogP contribution is -2.29. The maximum atomic E-state index is 5.60. The Balaban J connectivity index is 2.25. The molecule has 0 spiro atoms. The normalized spacial score (nSPS) is 13.4. The molecule has 0 saturated heterocycles. The minimum absolute atomic E-state index is 0.588. The molecule has 1 rings (SSSR count). The fourth-order valence-electron chi connectivity index (χ4n) is 1.49. The lowest BCUT2D eigenvalue weighted by molar-refractivity contribution is 0.293. The highest BCUT2D eigenvalue weighted by Gasteiger charge is 2.05. The van der Waals surface area contributed by atoms with E-state index in [1.54, 1.807) is 0 Å². The Labute approximate surface area is 105 Å². The molecule has 0 radical (unpaired) electrons. The van der Waals surface area contributed by atoms with Crippen molar-refractivity contribution in [1.82, 2.24) is 4.90 Å². The van der Waals surface area contributed by atoms with Crippen molar-refractivity contribution in [2.24, 2.45) is 11.7 Å². The minimum Gasteiger partial charge on any atom is -0.330 e. The van der Waals surface area contributed by atoms with Crippen molar-refractivity contribution in [2.75, 3.05) is 26.7 Å². The molecule has 1 aromatic rings. The van der Waals surface area contributed by atoms with Crippen molar-refractivity contribution in [3.63, 3.8) is 0 Å². The zero-order valence-electron chi connectivity index (χ0n) is 9.37. The molecule has 0 aliphatic heterocycles. The van der Waals surface area contributed by atoms with Gasteiger partial charge in [0.25, 0.3) is 0 Å². The van der Waals surface area contributed by atoms with Crippen LogP contribution in [0.25, 0.3) is 0 Å². The number of likely N-dealkylation sites (N-methyl/N-ethyl adjacent to an activating group) is 1. The van der Waals surface area contributed by atoms with Crippen molar-refractivity contribution in [3.05, 3.63) is 20.8 Å². The van der Waals surface area contributed by atoms with Crippen molar-refractivity contribution in [3.8, 4) is 0 Å². The van der Waals surface area contributed by atoms with Crippen LogP contribution in [0.4, 0.5) is 0 Å². The van der Waals surface area contributed by atoms with Gasteiger partial charge in [-0.2, -0.15) is 0 Å². The Hall–Kier alpha value is 0.1000. The number of halogens is 1. The molecule has 86 valence electrons. The summed E-state index contributed by atoms with van der Waals surface area (Å²) in [7, 11) is 2.16. The summed E-state index contributed by atoms with van der Waals surface area (Å²) < 4.78 is 1.22. The van der Waals surface area contributed by atoms with Crippen LogP contribution in [0.5, 0.6) is 0 Å². The van der Waals surface area contributed by atoms with Crippen LogP contribution in [0.3, 0.4) is 0 Å². The SMILES string of the molecule is CC(CN)CN(C)CCc1ccc(Br)s1. The molecular formula is C11H19BrN2S. The number of thiophene rings is 1. The predicted molar refractivity (Wildman–Crippen MR) is 71.4 cm³/mol. The van der Waals surface area contributed by atoms with Gasteiger partial charge in [-0.05, 0) is 54.0 Å². The third-order valence-corrected chi connectivity index (χ3v) is 4.08. The molecule has 0 bridgehead atoms. The van der Waals surface area contributed by atoms with E-state index in [4.69, 9.17) is 5.73 Å². The maximum absolute atomic E-state index is 5.60. The Kier molecular flexibility index (Phi) is 5.82. The Morgan fingerprint density at radius 1 is 1.53 bits per heavy atom. The Morgan fingerprint density at radius 3 is 2.80 bits per heavy atom. The van der Waals surface area contributed by atoms with E-state index < -0.39 is 0 Å². The second kappa shape index (κ2) is 6.63. The van der Waals surface area contributed by atoms with Crippen LogP contribution in [-0.4, -0.2) is 31.6 Å². The number of hydrogen-bond acceptors (Lipinski definition) is 3. The van der Waals surface area contributed by atoms with E-state index in [1.165, 1.54) is 8.66 Å². The molecule has 1 aromatic heterocycles. The van der Waals surface area contributed by atoms with Gasteiger partial charge in [0, 0.05) is 18.0 Å². The van der Waals surface area contributed by atoms with Crippen molar-refractivity contribution in [2.45, 2.75) is 13.3 Å². The minimum atomic E-state index is 0.588. The van der Waals surface area contributed by atoms with Crippen LogP contribution in [0.1, 0.15) is 11.8 Å². The lowest BCUT2D eigenvalue weighted by Gasteiger charge is -2.19. The summed E-state index contributed by atoms with van der Waals surface area (Å²) in [5.41, 5.74) is 5.60. The first-order valence-electron chi connectivity index (χ1n) is 5.24. The van der Waals surface area contributed by atoms with Crippen LogP contribution < -0.4 is 5.73 Å². The quantitative estimate of drug-likeness (QED) is 0.873. The van der Waals surface area contributed by atoms with Gasteiger partial charge in [0.05, 0.1) is 3.79 Å². The summed E-state index contributed by atoms with van der Waals surface area (Å²) >= 11 is 5.30. The van der Waals surface area contributed by atoms with Crippen LogP contribution in [0, 0.1) is 5.92 Å². The highest BCUT2D eigenvalue weighted by molar-refractivity contribution is 9.11. The van der Waals surface area contributed by atoms with Gasteiger partial charge in [-0.15, -0.1) is 11.3 Å². The van der Waals surface area contributed by atoms with Crippen LogP contribution in [0.2, 0.25) is 0 Å². The Bertz CT molecular complexity index is 288. The average Bonchev–Trinajstić information content (AvgIpc) is 2.61. The van der Waals surface area contributed by atoms with Crippen molar-refractivity contribution < 1.29 is 0 Å². The summed E-state index contributed by atoms with van der Waals surface area (Å²) in [6, 6.07) is 4.30. The summed E-state index contributed by atoms with van der Waals surface area (Å²) in [4.78, 5) is 3.79. The molecule has 0 fully saturated rings. The van der Waals surface area contributed by atoms with Gasteiger partial charge < -0.3 is 10.6 Å². The third-order valence-electron chi connectivity index (χ3n) is 2.39. The maximum Gasteiger partial charge on any atom is 0.0701 e. The molecule has 0 aromatic carbocycles. The molecule has 1 unspecified atom stereocenters. The third kappa shape index (κ3) is 5.11. The van der Waals surface area contributed by atoms with Crippen LogP contribution in [0.15, 0.2) is 15.9 Å². The summed E-state index contributed by atoms with van der Waals surface area (Å²) in [6.07, 6.45) is 1.13. The van der Waals surface area contributed by atoms with Gasteiger partial charge in [-0.3, -0.25) is 0 Å². The highest BCUT2D eigenvalue weighted by atomic mass is 79.9. The fraction of sp³-hybridized carbons (Fsp3) is 0.636. The van der Waals surface area contributed by atoms with Gasteiger partial charge in [0.1, 0.15) is 0 Å². The highest BCUT2D eigenvalue weighted by Crippen LogP contribution is 2.22. The predicted octanol–water partition coefficient (Wildman–Crippen LogP) is 2.58. The van der Waals surface area contributed by atoms with E-state index in [1.807, 2.05) is 11.3 Å². The van der Waals surface area contributed by atoms with E-state index in [0.29, 0.717) is 5.92 Å². The topological polar surface area (TPSA) is 29.3 Å². The van der Waals surface area contributed by atoms with Crippen LogP contribution >= 0.6 is 27.3 Å². The largest absolute Gasteiger partial charge is 0.330 e. The van der Waals surface area contributed by atoms with Gasteiger partial charge in [-0.1, -0.05) is 6.92 Å².